The van der Waals surface area contributed by atoms with Crippen LogP contribution in [0.2, 0.25) is 0 Å². The zero-order chi connectivity index (χ0) is 37.0. The minimum absolute atomic E-state index is 0.0369. The van der Waals surface area contributed by atoms with Crippen LogP contribution >= 0.6 is 27.3 Å². The van der Waals surface area contributed by atoms with Crippen molar-refractivity contribution in [1.82, 2.24) is 21.3 Å². The lowest BCUT2D eigenvalue weighted by Gasteiger charge is -2.26. The van der Waals surface area contributed by atoms with Gasteiger partial charge in [-0.15, -0.1) is 11.3 Å². The van der Waals surface area contributed by atoms with Crippen LogP contribution in [-0.2, 0) is 54.5 Å². The summed E-state index contributed by atoms with van der Waals surface area (Å²) in [5, 5.41) is 25.5. The number of amides is 5. The molecule has 0 radical (unpaired) electrons. The minimum Gasteiger partial charge on any atom is -0.480 e. The van der Waals surface area contributed by atoms with E-state index in [4.69, 9.17) is 0 Å². The minimum atomic E-state index is -1.34. The molecule has 4 unspecified atom stereocenters. The third-order valence-electron chi connectivity index (χ3n) is 8.41. The zero-order valence-corrected chi connectivity index (χ0v) is 30.4. The van der Waals surface area contributed by atoms with Crippen molar-refractivity contribution in [2.24, 2.45) is 0 Å². The van der Waals surface area contributed by atoms with E-state index in [0.717, 1.165) is 9.35 Å². The smallest absolute Gasteiger partial charge is 0.326 e. The molecular weight excluding hydrogens is 750 g/mol. The number of halogens is 1. The van der Waals surface area contributed by atoms with Crippen LogP contribution in [-0.4, -0.2) is 64.8 Å². The maximum absolute atomic E-state index is 14.1. The normalized spacial score (nSPS) is 20.8. The van der Waals surface area contributed by atoms with Crippen molar-refractivity contribution in [3.63, 3.8) is 0 Å². The fourth-order valence-electron chi connectivity index (χ4n) is 5.66. The number of nitrogens with one attached hydrogen (secondary N) is 5. The second kappa shape index (κ2) is 18.2. The summed E-state index contributed by atoms with van der Waals surface area (Å²) in [5.41, 5.74) is 2.44. The molecule has 6 rings (SSSR count). The third kappa shape index (κ3) is 11.3. The molecule has 0 saturated heterocycles. The maximum atomic E-state index is 14.1. The number of carbonyl (C=O) groups excluding carboxylic acids is 5. The van der Waals surface area contributed by atoms with Gasteiger partial charge in [0.05, 0.1) is 0 Å². The highest BCUT2D eigenvalue weighted by Gasteiger charge is 2.32. The Morgan fingerprint density at radius 3 is 1.83 bits per heavy atom. The van der Waals surface area contributed by atoms with Crippen molar-refractivity contribution < 1.29 is 33.9 Å². The summed E-state index contributed by atoms with van der Waals surface area (Å²) in [6.07, 6.45) is -0.222. The molecule has 3 heterocycles. The second-order valence-electron chi connectivity index (χ2n) is 12.4. The molecule has 52 heavy (non-hydrogen) atoms. The molecule has 6 N–H and O–H groups in total. The summed E-state index contributed by atoms with van der Waals surface area (Å²) < 4.78 is 0.813. The van der Waals surface area contributed by atoms with Crippen LogP contribution in [0.15, 0.2) is 101 Å². The number of anilines is 1. The van der Waals surface area contributed by atoms with E-state index in [9.17, 15) is 33.9 Å². The summed E-state index contributed by atoms with van der Waals surface area (Å²) >= 11 is 4.81. The van der Waals surface area contributed by atoms with Crippen LogP contribution in [0.4, 0.5) is 5.69 Å². The number of rotatable bonds is 7. The SMILES string of the molecule is O=C1CCC(=O)NC(Cc2cccs2)C(=O)NC(Cc2ccc(Br)cc2)C(=O)NC(Cc2ccccc2)C(=O)NC(C(=O)O)Cc2ccc(cc2)N1. The molecule has 0 spiro atoms. The highest BCUT2D eigenvalue weighted by atomic mass is 79.9. The Labute approximate surface area is 312 Å². The number of benzene rings is 3. The molecule has 2 aliphatic rings. The molecule has 14 heteroatoms. The Morgan fingerprint density at radius 1 is 0.654 bits per heavy atom. The molecule has 4 atom stereocenters. The molecule has 0 aliphatic carbocycles. The topological polar surface area (TPSA) is 183 Å². The van der Waals surface area contributed by atoms with Gasteiger partial charge in [0.25, 0.3) is 0 Å². The van der Waals surface area contributed by atoms with Crippen molar-refractivity contribution in [2.45, 2.75) is 62.7 Å². The number of carboxylic acids is 1. The van der Waals surface area contributed by atoms with E-state index in [1.807, 2.05) is 23.6 Å². The molecule has 3 aromatic carbocycles. The molecular formula is C38H38BrN5O7S. The molecule has 4 aromatic rings. The van der Waals surface area contributed by atoms with E-state index >= 15 is 0 Å². The summed E-state index contributed by atoms with van der Waals surface area (Å²) in [7, 11) is 0. The number of thiophene rings is 1. The van der Waals surface area contributed by atoms with Gasteiger partial charge in [0, 0.05) is 53.6 Å². The van der Waals surface area contributed by atoms with Crippen molar-refractivity contribution >= 4 is 68.5 Å². The summed E-state index contributed by atoms with van der Waals surface area (Å²) in [6.45, 7) is 0. The number of aliphatic carboxylic acids is 1. The predicted octanol–water partition coefficient (Wildman–Crippen LogP) is 3.54. The van der Waals surface area contributed by atoms with E-state index in [-0.39, 0.29) is 38.5 Å². The molecule has 2 bridgehead atoms. The summed E-state index contributed by atoms with van der Waals surface area (Å²) in [6, 6.07) is 21.4. The van der Waals surface area contributed by atoms with Crippen LogP contribution < -0.4 is 26.6 Å². The van der Waals surface area contributed by atoms with Gasteiger partial charge < -0.3 is 31.7 Å². The average Bonchev–Trinajstić information content (AvgIpc) is 3.64. The molecule has 5 amide bonds. The van der Waals surface area contributed by atoms with Crippen molar-refractivity contribution in [1.29, 1.82) is 0 Å². The van der Waals surface area contributed by atoms with Gasteiger partial charge in [-0.1, -0.05) is 76.6 Å². The summed E-state index contributed by atoms with van der Waals surface area (Å²) in [5.74, 6) is -4.28. The van der Waals surface area contributed by atoms with Gasteiger partial charge in [-0.3, -0.25) is 24.0 Å². The Kier molecular flexibility index (Phi) is 13.3. The third-order valence-corrected chi connectivity index (χ3v) is 9.84. The Bertz CT molecular complexity index is 1870. The van der Waals surface area contributed by atoms with Gasteiger partial charge in [0.1, 0.15) is 24.2 Å². The van der Waals surface area contributed by atoms with Crippen LogP contribution in [0, 0.1) is 0 Å². The second-order valence-corrected chi connectivity index (χ2v) is 14.3. The lowest BCUT2D eigenvalue weighted by molar-refractivity contribution is -0.142. The first kappa shape index (κ1) is 37.9. The average molecular weight is 789 g/mol. The quantitative estimate of drug-likeness (QED) is 0.155. The number of hydrogen-bond donors (Lipinski definition) is 6. The van der Waals surface area contributed by atoms with Crippen LogP contribution in [0.1, 0.15) is 34.4 Å². The van der Waals surface area contributed by atoms with E-state index < -0.39 is 59.7 Å². The highest BCUT2D eigenvalue weighted by molar-refractivity contribution is 9.10. The lowest BCUT2D eigenvalue weighted by atomic mass is 10.0. The van der Waals surface area contributed by atoms with E-state index in [1.54, 1.807) is 72.8 Å². The van der Waals surface area contributed by atoms with Crippen molar-refractivity contribution in [3.8, 4) is 0 Å². The Hall–Kier alpha value is -5.34. The van der Waals surface area contributed by atoms with Gasteiger partial charge in [-0.05, 0) is 52.4 Å². The monoisotopic (exact) mass is 787 g/mol. The summed E-state index contributed by atoms with van der Waals surface area (Å²) in [4.78, 5) is 80.9. The number of carbonyl (C=O) groups is 6. The molecule has 12 nitrogen and oxygen atoms in total. The van der Waals surface area contributed by atoms with Gasteiger partial charge >= 0.3 is 5.97 Å². The zero-order valence-electron chi connectivity index (χ0n) is 28.0. The molecule has 0 fully saturated rings. The van der Waals surface area contributed by atoms with Crippen molar-refractivity contribution in [2.75, 3.05) is 5.32 Å². The fourth-order valence-corrected chi connectivity index (χ4v) is 6.67. The van der Waals surface area contributed by atoms with Crippen LogP contribution in [0.3, 0.4) is 0 Å². The number of carboxylic acid groups (broad SMARTS) is 1. The predicted molar refractivity (Wildman–Crippen MR) is 199 cm³/mol. The number of hydrogen-bond acceptors (Lipinski definition) is 7. The Morgan fingerprint density at radius 2 is 1.23 bits per heavy atom. The van der Waals surface area contributed by atoms with Gasteiger partial charge in [-0.2, -0.15) is 0 Å². The molecule has 0 saturated carbocycles. The highest BCUT2D eigenvalue weighted by Crippen LogP contribution is 2.16. The maximum Gasteiger partial charge on any atom is 0.326 e. The molecule has 1 aromatic heterocycles. The van der Waals surface area contributed by atoms with Gasteiger partial charge in [-0.25, -0.2) is 4.79 Å². The van der Waals surface area contributed by atoms with Crippen molar-refractivity contribution in [3.05, 3.63) is 122 Å². The fraction of sp³-hybridized carbons (Fsp3) is 0.263. The van der Waals surface area contributed by atoms with E-state index in [2.05, 4.69) is 42.5 Å². The van der Waals surface area contributed by atoms with Gasteiger partial charge in [0.2, 0.25) is 29.5 Å². The van der Waals surface area contributed by atoms with Crippen LogP contribution in [0.25, 0.3) is 0 Å². The largest absolute Gasteiger partial charge is 0.480 e. The van der Waals surface area contributed by atoms with E-state index in [0.29, 0.717) is 22.4 Å². The number of fused-ring (bicyclic) bond motifs is 18. The molecule has 270 valence electrons. The van der Waals surface area contributed by atoms with Gasteiger partial charge in [0.15, 0.2) is 0 Å². The lowest BCUT2D eigenvalue weighted by Crippen LogP contribution is -2.59. The van der Waals surface area contributed by atoms with E-state index in [1.165, 1.54) is 11.3 Å². The first-order valence-corrected chi connectivity index (χ1v) is 18.3. The standard InChI is InChI=1S/C38H38BrN5O7S/c39-26-12-8-24(9-13-26)20-30-35(47)42-29(19-23-5-2-1-3-6-23)36(48)44-32(38(50)51)21-25-10-14-27(15-11-25)40-33(45)16-17-34(46)41-31(37(49)43-30)22-28-7-4-18-52-28/h1-15,18,29-32H,16-17,19-22H2,(H,40,45)(H,41,46)(H,42,47)(H,43,49)(H,44,48)(H,50,51). The van der Waals surface area contributed by atoms with Crippen LogP contribution in [0.5, 0.6) is 0 Å². The first-order valence-electron chi connectivity index (χ1n) is 16.6. The Balaban J connectivity index is 1.50. The first-order chi connectivity index (χ1) is 25.0. The molecule has 2 aliphatic heterocycles.